The molecule has 0 bridgehead atoms. The minimum absolute atomic E-state index is 0.260. The number of rotatable bonds is 2. The van der Waals surface area contributed by atoms with E-state index in [2.05, 4.69) is 6.92 Å². The van der Waals surface area contributed by atoms with Crippen molar-refractivity contribution in [3.05, 3.63) is 0 Å². The summed E-state index contributed by atoms with van der Waals surface area (Å²) in [7, 11) is 0. The second kappa shape index (κ2) is 6.65. The predicted molar refractivity (Wildman–Crippen MR) is 32.4 cm³/mol. The molecule has 32 valence electrons. The van der Waals surface area contributed by atoms with Crippen molar-refractivity contribution < 1.29 is 0 Å². The van der Waals surface area contributed by atoms with E-state index in [1.807, 2.05) is 0 Å². The Hall–Kier alpha value is 3.53. The SMILES string of the molecule is C[CH]([Bi]=[Bi])[Bi]=[Bi]. The zero-order chi connectivity index (χ0) is 4.99. The molecule has 4 heteroatoms. The molecule has 0 N–H and O–H groups in total. The summed E-state index contributed by atoms with van der Waals surface area (Å²) in [5, 5.41) is 0. The molecule has 2 radical (unpaired) electrons. The van der Waals surface area contributed by atoms with Gasteiger partial charge in [0.05, 0.1) is 0 Å². The van der Waals surface area contributed by atoms with Crippen molar-refractivity contribution in [2.24, 2.45) is 0 Å². The van der Waals surface area contributed by atoms with Crippen molar-refractivity contribution in [3.63, 3.8) is 0 Å². The van der Waals surface area contributed by atoms with E-state index >= 15 is 0 Å². The van der Waals surface area contributed by atoms with Gasteiger partial charge in [-0.25, -0.2) is 0 Å². The molecule has 0 aliphatic heterocycles. The van der Waals surface area contributed by atoms with Gasteiger partial charge in [-0.2, -0.15) is 0 Å². The molecule has 0 fully saturated rings. The summed E-state index contributed by atoms with van der Waals surface area (Å²) in [4.78, 5) is 0. The predicted octanol–water partition coefficient (Wildman–Crippen LogP) is -0.672. The Morgan fingerprint density at radius 1 is 1.33 bits per heavy atom. The Kier molecular flexibility index (Phi) is 10.6. The third-order valence-electron chi connectivity index (χ3n) is 0.334. The molecule has 0 nitrogen and oxygen atoms in total. The van der Waals surface area contributed by atoms with Crippen molar-refractivity contribution in [2.45, 2.75) is 8.26 Å². The third-order valence-corrected chi connectivity index (χ3v) is 87.6. The molecule has 0 atom stereocenters. The van der Waals surface area contributed by atoms with Gasteiger partial charge in [-0.15, -0.1) is 0 Å². The number of hydrogen-bond donors (Lipinski definition) is 0. The summed E-state index contributed by atoms with van der Waals surface area (Å²) in [5.74, 6) is 0. The fourth-order valence-electron chi connectivity index (χ4n) is 0.0231. The van der Waals surface area contributed by atoms with Gasteiger partial charge in [0.15, 0.2) is 0 Å². The molecule has 6 heavy (non-hydrogen) atoms. The molecular weight excluding hydrogens is 860 g/mol. The molecule has 0 aromatic rings. The van der Waals surface area contributed by atoms with E-state index in [0.717, 1.165) is 0 Å². The Labute approximate surface area is 79.8 Å². The van der Waals surface area contributed by atoms with Crippen LogP contribution in [0.1, 0.15) is 6.92 Å². The summed E-state index contributed by atoms with van der Waals surface area (Å²) >= 11 is 4.11. The van der Waals surface area contributed by atoms with Crippen LogP contribution in [-0.2, 0) is 0 Å². The van der Waals surface area contributed by atoms with E-state index in [1.165, 1.54) is 1.33 Å². The normalized spacial score (nSPS) is 8.33. The Morgan fingerprint density at radius 2 is 1.67 bits per heavy atom. The van der Waals surface area contributed by atoms with E-state index in [0.29, 0.717) is 0 Å². The van der Waals surface area contributed by atoms with Gasteiger partial charge < -0.3 is 0 Å². The second-order valence-electron chi connectivity index (χ2n) is 0.863. The zero-order valence-corrected chi connectivity index (χ0v) is 17.3. The maximum atomic E-state index is 2.49. The Bertz CT molecular complexity index is 50.6. The number of hydrogen-bond acceptors (Lipinski definition) is 0. The first-order valence-electron chi connectivity index (χ1n) is 1.49. The van der Waals surface area contributed by atoms with Gasteiger partial charge in [-0.3, -0.25) is 0 Å². The molecular formula is C2H4Bi4. The quantitative estimate of drug-likeness (QED) is 0.324. The summed E-state index contributed by atoms with van der Waals surface area (Å²) in [5.41, 5.74) is 0. The van der Waals surface area contributed by atoms with Crippen LogP contribution in [0.15, 0.2) is 0 Å². The average Bonchev–Trinajstić information content (AvgIpc) is 1.65. The van der Waals surface area contributed by atoms with Crippen LogP contribution in [0.25, 0.3) is 0 Å². The molecule has 0 amide bonds. The Morgan fingerprint density at radius 3 is 1.67 bits per heavy atom. The first-order chi connectivity index (χ1) is 2.81. The van der Waals surface area contributed by atoms with Gasteiger partial charge in [0, 0.05) is 0 Å². The van der Waals surface area contributed by atoms with Gasteiger partial charge in [-0.1, -0.05) is 0 Å². The van der Waals surface area contributed by atoms with E-state index in [-0.39, 0.29) is 35.6 Å². The fraction of sp³-hybridized carbons (Fsp3) is 1.00. The van der Waals surface area contributed by atoms with Gasteiger partial charge in [0.2, 0.25) is 0 Å². The van der Waals surface area contributed by atoms with Crippen molar-refractivity contribution in [3.8, 4) is 0 Å². The second-order valence-corrected chi connectivity index (χ2v) is 31.2. The zero-order valence-electron chi connectivity index (χ0n) is 3.37. The molecule has 0 aliphatic carbocycles. The van der Waals surface area contributed by atoms with Gasteiger partial charge >= 0.3 is 82.3 Å². The van der Waals surface area contributed by atoms with Crippen molar-refractivity contribution >= 4 is 74.1 Å². The van der Waals surface area contributed by atoms with Crippen LogP contribution in [-0.4, -0.2) is 74.1 Å². The molecule has 0 aromatic carbocycles. The standard InChI is InChI=1S/C2H4.4Bi/c1-2;;;;/h1H,2H3;;;;. The van der Waals surface area contributed by atoms with Crippen molar-refractivity contribution in [1.82, 2.24) is 0 Å². The molecule has 0 rings (SSSR count). The summed E-state index contributed by atoms with van der Waals surface area (Å²) in [6, 6.07) is 0. The van der Waals surface area contributed by atoms with Crippen LogP contribution < -0.4 is 0 Å². The summed E-state index contributed by atoms with van der Waals surface area (Å²) in [6.07, 6.45) is 0. The van der Waals surface area contributed by atoms with Crippen molar-refractivity contribution in [2.75, 3.05) is 0 Å². The fourth-order valence-corrected chi connectivity index (χ4v) is 137. The first kappa shape index (κ1) is 9.53. The van der Waals surface area contributed by atoms with Crippen LogP contribution >= 0.6 is 0 Å². The van der Waals surface area contributed by atoms with E-state index < -0.39 is 0 Å². The van der Waals surface area contributed by atoms with Crippen LogP contribution in [0.2, 0.25) is 1.33 Å². The Balaban J connectivity index is 3.21. The van der Waals surface area contributed by atoms with Gasteiger partial charge in [-0.05, 0) is 0 Å². The van der Waals surface area contributed by atoms with E-state index in [9.17, 15) is 0 Å². The summed E-state index contributed by atoms with van der Waals surface area (Å²) in [6.45, 7) is 2.49. The average molecular weight is 864 g/mol. The molecule has 0 saturated carbocycles. The van der Waals surface area contributed by atoms with E-state index in [1.54, 1.807) is 38.5 Å². The first-order valence-corrected chi connectivity index (χ1v) is 35.9. The molecule has 0 spiro atoms. The van der Waals surface area contributed by atoms with E-state index in [4.69, 9.17) is 0 Å². The van der Waals surface area contributed by atoms with Crippen LogP contribution in [0.4, 0.5) is 0 Å². The monoisotopic (exact) mass is 864 g/mol. The van der Waals surface area contributed by atoms with Crippen molar-refractivity contribution in [1.29, 1.82) is 0 Å². The van der Waals surface area contributed by atoms with Crippen LogP contribution in [0.5, 0.6) is 0 Å². The third kappa shape index (κ3) is 5.67. The maximum absolute atomic E-state index is 2.49. The minimum atomic E-state index is 0.260. The van der Waals surface area contributed by atoms with Gasteiger partial charge in [0.25, 0.3) is 0 Å². The van der Waals surface area contributed by atoms with Gasteiger partial charge in [0.1, 0.15) is 0 Å². The van der Waals surface area contributed by atoms with Crippen LogP contribution in [0, 0.1) is 0 Å². The molecule has 0 unspecified atom stereocenters. The van der Waals surface area contributed by atoms with Crippen LogP contribution in [0.3, 0.4) is 0 Å². The molecule has 0 heterocycles. The molecule has 0 saturated heterocycles. The molecule has 0 aliphatic rings. The summed E-state index contributed by atoms with van der Waals surface area (Å²) < 4.78 is 1.40. The topological polar surface area (TPSA) is 0 Å². The molecule has 0 aromatic heterocycles.